The molecule has 0 radical (unpaired) electrons. The Morgan fingerprint density at radius 3 is 1.97 bits per heavy atom. The summed E-state index contributed by atoms with van der Waals surface area (Å²) >= 11 is 1.04. The fraction of sp³-hybridized carbons (Fsp3) is 0.341. The summed E-state index contributed by atoms with van der Waals surface area (Å²) in [6, 6.07) is 12.2. The van der Waals surface area contributed by atoms with Crippen LogP contribution in [0.1, 0.15) is 71.4 Å². The molecule has 70 heavy (non-hydrogen) atoms. The van der Waals surface area contributed by atoms with Crippen LogP contribution in [0.15, 0.2) is 116 Å². The molecule has 0 atom stereocenters. The van der Waals surface area contributed by atoms with Crippen molar-refractivity contribution in [3.05, 3.63) is 107 Å². The molecule has 0 aliphatic carbocycles. The molecule has 0 saturated heterocycles. The minimum absolute atomic E-state index is 0.126. The molecular formula is C44H51N2O18S6+. The number of hydrogen-bond donors (Lipinski definition) is 6. The first-order valence-electron chi connectivity index (χ1n) is 21.1. The van der Waals surface area contributed by atoms with E-state index in [9.17, 15) is 51.9 Å². The van der Waals surface area contributed by atoms with Crippen LogP contribution in [0.3, 0.4) is 0 Å². The van der Waals surface area contributed by atoms with Crippen molar-refractivity contribution in [3.8, 4) is 0 Å². The van der Waals surface area contributed by atoms with Crippen molar-refractivity contribution in [1.29, 1.82) is 0 Å². The van der Waals surface area contributed by atoms with E-state index in [1.54, 1.807) is 36.4 Å². The van der Waals surface area contributed by atoms with Crippen molar-refractivity contribution in [2.75, 3.05) is 29.5 Å². The van der Waals surface area contributed by atoms with Crippen molar-refractivity contribution in [3.63, 3.8) is 0 Å². The van der Waals surface area contributed by atoms with Gasteiger partial charge in [0.2, 0.25) is 5.69 Å². The summed E-state index contributed by atoms with van der Waals surface area (Å²) in [6.45, 7) is 10.1. The number of unbranched alkanes of at least 4 members (excludes halogenated alkanes) is 2. The highest BCUT2D eigenvalue weighted by Gasteiger charge is 2.47. The largest absolute Gasteiger partial charge is 0.344 e. The van der Waals surface area contributed by atoms with Crippen molar-refractivity contribution in [1.82, 2.24) is 0 Å². The second kappa shape index (κ2) is 21.6. The summed E-state index contributed by atoms with van der Waals surface area (Å²) in [5, 5.41) is 26.8. The fourth-order valence-corrected chi connectivity index (χ4v) is 12.7. The lowest BCUT2D eigenvalue weighted by molar-refractivity contribution is -0.438. The maximum Gasteiger partial charge on any atom is 0.295 e. The van der Waals surface area contributed by atoms with Crippen LogP contribution in [-0.4, -0.2) is 97.3 Å². The molecule has 0 amide bonds. The molecule has 0 unspecified atom stereocenters. The minimum Gasteiger partial charge on any atom is -0.344 e. The third-order valence-corrected chi connectivity index (χ3v) is 16.5. The Morgan fingerprint density at radius 1 is 0.714 bits per heavy atom. The zero-order valence-corrected chi connectivity index (χ0v) is 43.1. The second-order valence-corrected chi connectivity index (χ2v) is 24.9. The molecule has 4 aromatic carbocycles. The van der Waals surface area contributed by atoms with Crippen LogP contribution >= 0.6 is 24.1 Å². The second-order valence-electron chi connectivity index (χ2n) is 17.5. The lowest BCUT2D eigenvalue weighted by atomic mass is 9.79. The first kappa shape index (κ1) is 55.2. The first-order valence-corrected chi connectivity index (χ1v) is 28.7. The molecule has 2 aliphatic rings. The highest BCUT2D eigenvalue weighted by atomic mass is 32.2. The third kappa shape index (κ3) is 12.6. The lowest BCUT2D eigenvalue weighted by Crippen LogP contribution is -2.28. The van der Waals surface area contributed by atoms with Crippen LogP contribution in [0.4, 0.5) is 11.4 Å². The first-order chi connectivity index (χ1) is 32.6. The van der Waals surface area contributed by atoms with Gasteiger partial charge in [0.15, 0.2) is 5.71 Å². The molecule has 0 saturated carbocycles. The average Bonchev–Trinajstić information content (AvgIpc) is 3.61. The predicted octanol–water partition coefficient (Wildman–Crippen LogP) is 8.80. The van der Waals surface area contributed by atoms with Crippen molar-refractivity contribution >= 4 is 103 Å². The standard InChI is InChI=1S/C44H50N2O18S6/c1-28(12-10-14-37-43(2,3)41-33(45(37)20-6-8-22-67(49,50)51)19-17-30-25-32(69(55,56)57)27-35(39(30)41)66-64-62-48)13-11-15-38-44(4,5)42-34(46(38)21-7-9-23-68(52,53)54)18-16-29-24-31(65-63-61-47)26-36(40(29)42)70(58,59)60/h10-19,24-27H,6-9,20-23H2,1-5H3,(H5-,47,48,49,50,51,52,53,54,55,56,57,58,59,60)/p+1. The number of anilines is 1. The van der Waals surface area contributed by atoms with Gasteiger partial charge in [0.05, 0.1) is 45.9 Å². The molecule has 0 spiro atoms. The van der Waals surface area contributed by atoms with E-state index in [1.165, 1.54) is 18.2 Å². The van der Waals surface area contributed by atoms with Gasteiger partial charge in [-0.05, 0) is 98.8 Å². The molecule has 0 aromatic heterocycles. The van der Waals surface area contributed by atoms with Gasteiger partial charge in [0, 0.05) is 68.0 Å². The van der Waals surface area contributed by atoms with E-state index in [0.717, 1.165) is 16.8 Å². The van der Waals surface area contributed by atoms with E-state index in [1.807, 2.05) is 74.5 Å². The smallest absolute Gasteiger partial charge is 0.295 e. The van der Waals surface area contributed by atoms with Gasteiger partial charge in [-0.15, -0.1) is 8.67 Å². The van der Waals surface area contributed by atoms with Crippen molar-refractivity contribution in [2.45, 2.75) is 90.7 Å². The van der Waals surface area contributed by atoms with E-state index >= 15 is 0 Å². The Hall–Kier alpha value is -4.07. The van der Waals surface area contributed by atoms with Crippen molar-refractivity contribution in [2.24, 2.45) is 0 Å². The molecular weight excluding hydrogens is 1040 g/mol. The molecule has 6 N–H and O–H groups in total. The molecule has 0 fully saturated rings. The van der Waals surface area contributed by atoms with Crippen LogP contribution in [-0.2, 0) is 70.0 Å². The third-order valence-electron chi connectivity index (χ3n) is 11.9. The topological polar surface area (TPSA) is 301 Å². The van der Waals surface area contributed by atoms with Gasteiger partial charge in [0.1, 0.15) is 11.4 Å². The van der Waals surface area contributed by atoms with E-state index in [4.69, 9.17) is 14.8 Å². The van der Waals surface area contributed by atoms with Crippen LogP contribution in [0.2, 0.25) is 0 Å². The van der Waals surface area contributed by atoms with Gasteiger partial charge >= 0.3 is 0 Å². The highest BCUT2D eigenvalue weighted by molar-refractivity contribution is 7.95. The maximum atomic E-state index is 12.9. The summed E-state index contributed by atoms with van der Waals surface area (Å²) in [7, 11) is -18.0. The number of fused-ring (bicyclic) bond motifs is 6. The zero-order valence-electron chi connectivity index (χ0n) is 38.2. The van der Waals surface area contributed by atoms with Crippen LogP contribution in [0.25, 0.3) is 21.5 Å². The van der Waals surface area contributed by atoms with Gasteiger partial charge in [-0.25, -0.2) is 10.5 Å². The Kier molecular flexibility index (Phi) is 17.0. The van der Waals surface area contributed by atoms with Gasteiger partial charge in [-0.1, -0.05) is 59.9 Å². The Bertz CT molecular complexity index is 3330. The Morgan fingerprint density at radius 2 is 1.34 bits per heavy atom. The molecule has 2 aliphatic heterocycles. The lowest BCUT2D eigenvalue weighted by Gasteiger charge is -2.27. The monoisotopic (exact) mass is 1090 g/mol. The number of allylic oxidation sites excluding steroid dienone is 8. The SMILES string of the molecule is CC(/C=C/C=C1/N(CCCCS(=O)(=O)O)c2ccc3cc(S(=O)(=O)O)cc(SOOO)c3c2C1(C)C)=C\C=C\C1=[N+](CCCCS(=O)(=O)O)c2ccc3cc(SOOO)cc(S(=O)(=O)O)c3c2C1(C)C. The average molecular weight is 1090 g/mol. The number of rotatable bonds is 22. The molecule has 0 bridgehead atoms. The van der Waals surface area contributed by atoms with Crippen molar-refractivity contribution < 1.29 is 85.7 Å². The number of nitrogens with zero attached hydrogens (tertiary/aromatic N) is 2. The van der Waals surface area contributed by atoms with Crippen LogP contribution in [0, 0.1) is 0 Å². The quantitative estimate of drug-likeness (QED) is 0.00814. The zero-order chi connectivity index (χ0) is 51.6. The van der Waals surface area contributed by atoms with E-state index in [-0.39, 0.29) is 34.6 Å². The molecule has 380 valence electrons. The van der Waals surface area contributed by atoms with E-state index in [0.29, 0.717) is 82.3 Å². The summed E-state index contributed by atoms with van der Waals surface area (Å²) in [5.41, 5.74) is 3.09. The predicted molar refractivity (Wildman–Crippen MR) is 263 cm³/mol. The maximum absolute atomic E-state index is 12.9. The summed E-state index contributed by atoms with van der Waals surface area (Å²) in [4.78, 5) is 1.55. The highest BCUT2D eigenvalue weighted by Crippen LogP contribution is 2.53. The normalized spacial score (nSPS) is 17.0. The van der Waals surface area contributed by atoms with E-state index in [2.05, 4.69) is 14.4 Å². The molecule has 4 aromatic rings. The fourth-order valence-electron chi connectivity index (χ4n) is 9.08. The van der Waals surface area contributed by atoms with Crippen LogP contribution < -0.4 is 4.90 Å². The minimum atomic E-state index is -4.84. The molecule has 26 heteroatoms. The molecule has 20 nitrogen and oxygen atoms in total. The summed E-state index contributed by atoms with van der Waals surface area (Å²) in [5.74, 6) is -0.909. The number of benzene rings is 4. The van der Waals surface area contributed by atoms with E-state index < -0.39 is 72.6 Å². The van der Waals surface area contributed by atoms with Gasteiger partial charge < -0.3 is 4.90 Å². The Labute approximate surface area is 414 Å². The number of hydrogen-bond acceptors (Lipinski definition) is 17. The van der Waals surface area contributed by atoms with Gasteiger partial charge in [-0.3, -0.25) is 18.2 Å². The summed E-state index contributed by atoms with van der Waals surface area (Å²) in [6.07, 6.45) is 12.0. The Balaban J connectivity index is 1.40. The van der Waals surface area contributed by atoms with Crippen LogP contribution in [0.5, 0.6) is 0 Å². The van der Waals surface area contributed by atoms with Gasteiger partial charge in [-0.2, -0.15) is 38.2 Å². The van der Waals surface area contributed by atoms with Gasteiger partial charge in [0.25, 0.3) is 40.5 Å². The molecule has 2 heterocycles. The molecule has 6 rings (SSSR count). The summed E-state index contributed by atoms with van der Waals surface area (Å²) < 4.78 is 147.